The Hall–Kier alpha value is -2.05. The van der Waals surface area contributed by atoms with E-state index < -0.39 is 28.7 Å². The van der Waals surface area contributed by atoms with Crippen molar-refractivity contribution in [1.29, 1.82) is 0 Å². The molecule has 0 fully saturated rings. The minimum absolute atomic E-state index is 0.0436. The van der Waals surface area contributed by atoms with Crippen molar-refractivity contribution in [3.8, 4) is 0 Å². The van der Waals surface area contributed by atoms with Crippen molar-refractivity contribution in [2.45, 2.75) is 26.4 Å². The maximum Gasteiger partial charge on any atom is 0.417 e. The first-order chi connectivity index (χ1) is 9.75. The number of benzene rings is 1. The van der Waals surface area contributed by atoms with Crippen LogP contribution in [-0.4, -0.2) is 11.5 Å². The van der Waals surface area contributed by atoms with E-state index in [2.05, 4.69) is 10.3 Å². The first kappa shape index (κ1) is 15.3. The van der Waals surface area contributed by atoms with Gasteiger partial charge < -0.3 is 10.3 Å². The standard InChI is InChI=1S/C14H14F4N2O/c1-3-4-19-11-6-10-8(5-9(11)15)12(14(16,17)18)7(2)13(21)20-10/h5-6,19H,3-4H2,1-2H3,(H,20,21). The number of aromatic nitrogens is 1. The Bertz CT molecular complexity index is 734. The molecule has 0 amide bonds. The molecule has 3 nitrogen and oxygen atoms in total. The van der Waals surface area contributed by atoms with Crippen molar-refractivity contribution in [2.75, 3.05) is 11.9 Å². The van der Waals surface area contributed by atoms with Crippen LogP contribution in [0.25, 0.3) is 10.9 Å². The van der Waals surface area contributed by atoms with Crippen LogP contribution in [0.1, 0.15) is 24.5 Å². The highest BCUT2D eigenvalue weighted by atomic mass is 19.4. The Balaban J connectivity index is 2.77. The molecule has 0 aliphatic heterocycles. The SMILES string of the molecule is CCCNc1cc2[nH]c(=O)c(C)c(C(F)(F)F)c2cc1F. The van der Waals surface area contributed by atoms with Gasteiger partial charge in [0.25, 0.3) is 5.56 Å². The maximum absolute atomic E-state index is 13.9. The maximum atomic E-state index is 13.9. The zero-order valence-corrected chi connectivity index (χ0v) is 11.5. The van der Waals surface area contributed by atoms with Gasteiger partial charge in [-0.1, -0.05) is 6.92 Å². The van der Waals surface area contributed by atoms with Gasteiger partial charge >= 0.3 is 6.18 Å². The molecule has 2 aromatic rings. The average molecular weight is 302 g/mol. The summed E-state index contributed by atoms with van der Waals surface area (Å²) in [7, 11) is 0. The number of anilines is 1. The van der Waals surface area contributed by atoms with Gasteiger partial charge in [0, 0.05) is 17.5 Å². The molecule has 114 valence electrons. The first-order valence-electron chi connectivity index (χ1n) is 6.43. The fourth-order valence-electron chi connectivity index (χ4n) is 2.18. The number of rotatable bonds is 3. The molecule has 0 saturated heterocycles. The van der Waals surface area contributed by atoms with Gasteiger partial charge in [-0.2, -0.15) is 13.2 Å². The molecular weight excluding hydrogens is 288 g/mol. The van der Waals surface area contributed by atoms with E-state index in [9.17, 15) is 22.4 Å². The largest absolute Gasteiger partial charge is 0.417 e. The molecule has 0 aliphatic carbocycles. The van der Waals surface area contributed by atoms with Gasteiger partial charge in [-0.25, -0.2) is 4.39 Å². The van der Waals surface area contributed by atoms with Crippen LogP contribution in [0.3, 0.4) is 0 Å². The molecular formula is C14H14F4N2O. The third kappa shape index (κ3) is 2.86. The molecule has 21 heavy (non-hydrogen) atoms. The van der Waals surface area contributed by atoms with E-state index in [1.807, 2.05) is 6.92 Å². The number of hydrogen-bond donors (Lipinski definition) is 2. The van der Waals surface area contributed by atoms with Crippen LogP contribution >= 0.6 is 0 Å². The summed E-state index contributed by atoms with van der Waals surface area (Å²) in [6, 6.07) is 2.00. The molecule has 0 unspecified atom stereocenters. The lowest BCUT2D eigenvalue weighted by atomic mass is 10.0. The number of nitrogens with one attached hydrogen (secondary N) is 2. The summed E-state index contributed by atoms with van der Waals surface area (Å²) in [5.41, 5.74) is -2.37. The van der Waals surface area contributed by atoms with Gasteiger partial charge in [0.2, 0.25) is 0 Å². The van der Waals surface area contributed by atoms with E-state index in [0.29, 0.717) is 6.54 Å². The number of alkyl halides is 3. The smallest absolute Gasteiger partial charge is 0.383 e. The fourth-order valence-corrected chi connectivity index (χ4v) is 2.18. The summed E-state index contributed by atoms with van der Waals surface area (Å²) in [5, 5.41) is 2.42. The average Bonchev–Trinajstić information content (AvgIpc) is 2.37. The van der Waals surface area contributed by atoms with E-state index in [1.54, 1.807) is 0 Å². The van der Waals surface area contributed by atoms with Crippen molar-refractivity contribution in [1.82, 2.24) is 4.98 Å². The zero-order valence-electron chi connectivity index (χ0n) is 11.5. The van der Waals surface area contributed by atoms with Crippen LogP contribution in [0.4, 0.5) is 23.2 Å². The highest BCUT2D eigenvalue weighted by Crippen LogP contribution is 2.36. The molecule has 0 radical (unpaired) electrons. The first-order valence-corrected chi connectivity index (χ1v) is 6.43. The van der Waals surface area contributed by atoms with Gasteiger partial charge in [0.15, 0.2) is 0 Å². The van der Waals surface area contributed by atoms with Crippen LogP contribution in [0.5, 0.6) is 0 Å². The molecule has 1 aromatic carbocycles. The minimum atomic E-state index is -4.72. The normalized spacial score (nSPS) is 11.9. The zero-order chi connectivity index (χ0) is 15.8. The van der Waals surface area contributed by atoms with Crippen LogP contribution in [-0.2, 0) is 6.18 Å². The summed E-state index contributed by atoms with van der Waals surface area (Å²) in [5.74, 6) is -0.784. The second-order valence-electron chi connectivity index (χ2n) is 4.76. The number of pyridine rings is 1. The predicted molar refractivity (Wildman–Crippen MR) is 73.0 cm³/mol. The highest BCUT2D eigenvalue weighted by Gasteiger charge is 2.36. The van der Waals surface area contributed by atoms with Crippen LogP contribution in [0.15, 0.2) is 16.9 Å². The lowest BCUT2D eigenvalue weighted by molar-refractivity contribution is -0.136. The Morgan fingerprint density at radius 2 is 1.95 bits per heavy atom. The summed E-state index contributed by atoms with van der Waals surface area (Å²) < 4.78 is 53.2. The van der Waals surface area contributed by atoms with E-state index in [1.165, 1.54) is 6.07 Å². The summed E-state index contributed by atoms with van der Waals surface area (Å²) in [6.45, 7) is 3.42. The minimum Gasteiger partial charge on any atom is -0.383 e. The third-order valence-electron chi connectivity index (χ3n) is 3.19. The molecule has 0 bridgehead atoms. The number of hydrogen-bond acceptors (Lipinski definition) is 2. The van der Waals surface area contributed by atoms with Crippen molar-refractivity contribution >= 4 is 16.6 Å². The third-order valence-corrected chi connectivity index (χ3v) is 3.19. The van der Waals surface area contributed by atoms with Crippen LogP contribution in [0.2, 0.25) is 0 Å². The van der Waals surface area contributed by atoms with Crippen molar-refractivity contribution < 1.29 is 17.6 Å². The second-order valence-corrected chi connectivity index (χ2v) is 4.76. The highest BCUT2D eigenvalue weighted by molar-refractivity contribution is 5.86. The molecule has 1 heterocycles. The number of aromatic amines is 1. The van der Waals surface area contributed by atoms with Gasteiger partial charge in [0.1, 0.15) is 5.82 Å². The summed E-state index contributed by atoms with van der Waals surface area (Å²) >= 11 is 0. The molecule has 7 heteroatoms. The van der Waals surface area contributed by atoms with E-state index in [4.69, 9.17) is 0 Å². The number of H-pyrrole nitrogens is 1. The Morgan fingerprint density at radius 3 is 2.52 bits per heavy atom. The van der Waals surface area contributed by atoms with Gasteiger partial charge in [-0.05, 0) is 25.5 Å². The lowest BCUT2D eigenvalue weighted by Gasteiger charge is -2.15. The van der Waals surface area contributed by atoms with Crippen LogP contribution < -0.4 is 10.9 Å². The van der Waals surface area contributed by atoms with E-state index >= 15 is 0 Å². The lowest BCUT2D eigenvalue weighted by Crippen LogP contribution is -2.19. The molecule has 0 spiro atoms. The Morgan fingerprint density at radius 1 is 1.29 bits per heavy atom. The molecule has 2 N–H and O–H groups in total. The summed E-state index contributed by atoms with van der Waals surface area (Å²) in [6.07, 6.45) is -3.99. The number of fused-ring (bicyclic) bond motifs is 1. The Kier molecular flexibility index (Phi) is 3.93. The molecule has 1 aromatic heterocycles. The predicted octanol–water partition coefficient (Wildman–Crippen LogP) is 3.82. The van der Waals surface area contributed by atoms with Crippen molar-refractivity contribution in [3.63, 3.8) is 0 Å². The topological polar surface area (TPSA) is 44.9 Å². The van der Waals surface area contributed by atoms with Gasteiger partial charge in [-0.15, -0.1) is 0 Å². The molecule has 0 saturated carbocycles. The van der Waals surface area contributed by atoms with E-state index in [-0.39, 0.29) is 16.6 Å². The molecule has 0 aliphatic rings. The van der Waals surface area contributed by atoms with Gasteiger partial charge in [0.05, 0.1) is 16.8 Å². The number of halogens is 4. The second kappa shape index (κ2) is 5.38. The molecule has 0 atom stereocenters. The van der Waals surface area contributed by atoms with Crippen LogP contribution in [0, 0.1) is 12.7 Å². The van der Waals surface area contributed by atoms with Crippen molar-refractivity contribution in [3.05, 3.63) is 39.4 Å². The molecule has 2 rings (SSSR count). The monoisotopic (exact) mass is 302 g/mol. The van der Waals surface area contributed by atoms with Gasteiger partial charge in [-0.3, -0.25) is 4.79 Å². The van der Waals surface area contributed by atoms with E-state index in [0.717, 1.165) is 19.4 Å². The fraction of sp³-hybridized carbons (Fsp3) is 0.357. The summed E-state index contributed by atoms with van der Waals surface area (Å²) in [4.78, 5) is 14.0. The van der Waals surface area contributed by atoms with Crippen molar-refractivity contribution in [2.24, 2.45) is 0 Å². The quantitative estimate of drug-likeness (QED) is 0.847. The Labute approximate surface area is 118 Å².